The van der Waals surface area contributed by atoms with Gasteiger partial charge in [0.25, 0.3) is 0 Å². The van der Waals surface area contributed by atoms with Gasteiger partial charge in [-0.2, -0.15) is 0 Å². The molecule has 4 atom stereocenters. The Hall–Kier alpha value is 0.130. The zero-order valence-corrected chi connectivity index (χ0v) is 8.32. The van der Waals surface area contributed by atoms with Gasteiger partial charge in [0.15, 0.2) is 11.4 Å². The molecule has 2 fully saturated rings. The summed E-state index contributed by atoms with van der Waals surface area (Å²) in [7, 11) is 0. The number of ether oxygens (including phenoxy) is 3. The van der Waals surface area contributed by atoms with Crippen LogP contribution in [0.3, 0.4) is 0 Å². The zero-order valence-electron chi connectivity index (χ0n) is 7.57. The summed E-state index contributed by atoms with van der Waals surface area (Å²) in [6.07, 6.45) is -0.884. The van der Waals surface area contributed by atoms with E-state index in [2.05, 4.69) is 0 Å². The number of rotatable bonds is 1. The van der Waals surface area contributed by atoms with Gasteiger partial charge in [-0.15, -0.1) is 0 Å². The first-order valence-electron chi connectivity index (χ1n) is 4.29. The molecule has 0 amide bonds. The Balaban J connectivity index is 2.12. The smallest absolute Gasteiger partial charge is 0.164 e. The molecule has 0 bridgehead atoms. The molecule has 5 heteroatoms. The molecule has 0 aromatic rings. The molecule has 2 saturated heterocycles. The summed E-state index contributed by atoms with van der Waals surface area (Å²) < 4.78 is 16.3. The number of fused-ring (bicyclic) bond motifs is 1. The van der Waals surface area contributed by atoms with Gasteiger partial charge < -0.3 is 19.3 Å². The highest BCUT2D eigenvalue weighted by Crippen LogP contribution is 2.39. The van der Waals surface area contributed by atoms with E-state index in [0.717, 1.165) is 0 Å². The number of aliphatic hydroxyl groups excluding tert-OH is 1. The van der Waals surface area contributed by atoms with Crippen LogP contribution >= 0.6 is 11.6 Å². The number of hydrogen-bond acceptors (Lipinski definition) is 4. The van der Waals surface area contributed by atoms with E-state index in [9.17, 15) is 0 Å². The minimum atomic E-state index is -0.625. The maximum Gasteiger partial charge on any atom is 0.164 e. The van der Waals surface area contributed by atoms with Gasteiger partial charge in [0, 0.05) is 0 Å². The summed E-state index contributed by atoms with van der Waals surface area (Å²) in [5.41, 5.74) is -0.524. The van der Waals surface area contributed by atoms with Crippen LogP contribution in [-0.2, 0) is 14.2 Å². The summed E-state index contributed by atoms with van der Waals surface area (Å²) in [5, 5.41) is 8.98. The molecule has 2 aliphatic heterocycles. The van der Waals surface area contributed by atoms with Crippen molar-refractivity contribution in [2.75, 3.05) is 6.61 Å². The molecule has 2 rings (SSSR count). The topological polar surface area (TPSA) is 47.9 Å². The van der Waals surface area contributed by atoms with Crippen molar-refractivity contribution in [3.63, 3.8) is 0 Å². The van der Waals surface area contributed by atoms with E-state index in [1.54, 1.807) is 0 Å². The summed E-state index contributed by atoms with van der Waals surface area (Å²) in [6, 6.07) is 0. The lowest BCUT2D eigenvalue weighted by Crippen LogP contribution is -2.31. The molecule has 0 aromatic heterocycles. The molecule has 0 radical (unpaired) electrons. The van der Waals surface area contributed by atoms with E-state index in [4.69, 9.17) is 30.9 Å². The molecule has 76 valence electrons. The normalized spacial score (nSPS) is 48.0. The van der Waals surface area contributed by atoms with Crippen LogP contribution in [0.15, 0.2) is 0 Å². The summed E-state index contributed by atoms with van der Waals surface area (Å²) in [5.74, 6) is -0.625. The molecule has 0 spiro atoms. The SMILES string of the molecule is CC1(C)OC2C(Cl)OC(CO)C2O1. The summed E-state index contributed by atoms with van der Waals surface area (Å²) in [6.45, 7) is 3.55. The van der Waals surface area contributed by atoms with Crippen molar-refractivity contribution in [1.82, 2.24) is 0 Å². The average Bonchev–Trinajstić information content (AvgIpc) is 2.47. The van der Waals surface area contributed by atoms with Crippen molar-refractivity contribution in [3.05, 3.63) is 0 Å². The van der Waals surface area contributed by atoms with Crippen LogP contribution in [0.1, 0.15) is 13.8 Å². The number of hydrogen-bond donors (Lipinski definition) is 1. The van der Waals surface area contributed by atoms with E-state index >= 15 is 0 Å². The second-order valence-electron chi connectivity index (χ2n) is 3.77. The van der Waals surface area contributed by atoms with E-state index in [0.29, 0.717) is 0 Å². The molecule has 2 heterocycles. The monoisotopic (exact) mass is 208 g/mol. The maximum absolute atomic E-state index is 8.98. The zero-order chi connectivity index (χ0) is 9.64. The standard InChI is InChI=1S/C8H13ClO4/c1-8(2)12-5-4(3-10)11-7(9)6(5)13-8/h4-7,10H,3H2,1-2H3. The van der Waals surface area contributed by atoms with Crippen LogP contribution in [0.5, 0.6) is 0 Å². The fraction of sp³-hybridized carbons (Fsp3) is 1.00. The quantitative estimate of drug-likeness (QED) is 0.637. The molecule has 0 saturated carbocycles. The minimum Gasteiger partial charge on any atom is -0.394 e. The lowest BCUT2D eigenvalue weighted by atomic mass is 10.2. The van der Waals surface area contributed by atoms with Crippen molar-refractivity contribution < 1.29 is 19.3 Å². The molecule has 0 aliphatic carbocycles. The first-order chi connectivity index (χ1) is 6.03. The predicted octanol–water partition coefficient (Wildman–Crippen LogP) is 0.462. The Morgan fingerprint density at radius 1 is 1.31 bits per heavy atom. The third-order valence-electron chi connectivity index (χ3n) is 2.27. The van der Waals surface area contributed by atoms with Gasteiger partial charge >= 0.3 is 0 Å². The second kappa shape index (κ2) is 3.07. The van der Waals surface area contributed by atoms with Crippen LogP contribution in [0.25, 0.3) is 0 Å². The Morgan fingerprint density at radius 2 is 1.92 bits per heavy atom. The molecule has 2 aliphatic rings. The molecule has 4 nitrogen and oxygen atoms in total. The van der Waals surface area contributed by atoms with Gasteiger partial charge in [-0.05, 0) is 13.8 Å². The molecule has 4 unspecified atom stereocenters. The van der Waals surface area contributed by atoms with Crippen molar-refractivity contribution in [2.24, 2.45) is 0 Å². The highest BCUT2D eigenvalue weighted by Gasteiger charge is 2.54. The van der Waals surface area contributed by atoms with Gasteiger partial charge in [0.05, 0.1) is 6.61 Å². The third-order valence-corrected chi connectivity index (χ3v) is 2.62. The first-order valence-corrected chi connectivity index (χ1v) is 4.73. The molecular weight excluding hydrogens is 196 g/mol. The lowest BCUT2D eigenvalue weighted by molar-refractivity contribution is -0.182. The Labute approximate surface area is 81.7 Å². The highest BCUT2D eigenvalue weighted by molar-refractivity contribution is 6.20. The average molecular weight is 209 g/mol. The molecule has 1 N–H and O–H groups in total. The van der Waals surface area contributed by atoms with Crippen LogP contribution in [0, 0.1) is 0 Å². The van der Waals surface area contributed by atoms with Gasteiger partial charge in [-0.1, -0.05) is 11.6 Å². The molecule has 0 aromatic carbocycles. The Kier molecular flexibility index (Phi) is 2.28. The van der Waals surface area contributed by atoms with Crippen molar-refractivity contribution in [3.8, 4) is 0 Å². The number of aliphatic hydroxyl groups is 1. The van der Waals surface area contributed by atoms with Crippen molar-refractivity contribution in [1.29, 1.82) is 0 Å². The fourth-order valence-electron chi connectivity index (χ4n) is 1.78. The summed E-state index contributed by atoms with van der Waals surface area (Å²) >= 11 is 5.88. The van der Waals surface area contributed by atoms with Gasteiger partial charge in [0.2, 0.25) is 0 Å². The van der Waals surface area contributed by atoms with Crippen LogP contribution in [-0.4, -0.2) is 41.4 Å². The third kappa shape index (κ3) is 1.57. The Morgan fingerprint density at radius 3 is 2.54 bits per heavy atom. The maximum atomic E-state index is 8.98. The minimum absolute atomic E-state index is 0.0934. The highest BCUT2D eigenvalue weighted by atomic mass is 35.5. The van der Waals surface area contributed by atoms with Crippen LogP contribution in [0.2, 0.25) is 0 Å². The van der Waals surface area contributed by atoms with Crippen LogP contribution in [0.4, 0.5) is 0 Å². The largest absolute Gasteiger partial charge is 0.394 e. The van der Waals surface area contributed by atoms with Gasteiger partial charge in [-0.25, -0.2) is 0 Å². The van der Waals surface area contributed by atoms with Crippen LogP contribution < -0.4 is 0 Å². The van der Waals surface area contributed by atoms with Crippen molar-refractivity contribution in [2.45, 2.75) is 43.5 Å². The Bertz CT molecular complexity index is 208. The van der Waals surface area contributed by atoms with Gasteiger partial charge in [-0.3, -0.25) is 0 Å². The fourth-order valence-corrected chi connectivity index (χ4v) is 2.10. The van der Waals surface area contributed by atoms with Crippen molar-refractivity contribution >= 4 is 11.6 Å². The molecular formula is C8H13ClO4. The number of halogens is 1. The lowest BCUT2D eigenvalue weighted by Gasteiger charge is -2.21. The van der Waals surface area contributed by atoms with E-state index < -0.39 is 11.4 Å². The van der Waals surface area contributed by atoms with E-state index in [1.165, 1.54) is 0 Å². The second-order valence-corrected chi connectivity index (χ2v) is 4.20. The first kappa shape index (κ1) is 9.68. The van der Waals surface area contributed by atoms with Gasteiger partial charge in [0.1, 0.15) is 18.3 Å². The predicted molar refractivity (Wildman–Crippen MR) is 45.4 cm³/mol. The van der Waals surface area contributed by atoms with E-state index in [1.807, 2.05) is 13.8 Å². The van der Waals surface area contributed by atoms with E-state index in [-0.39, 0.29) is 24.9 Å². The summed E-state index contributed by atoms with van der Waals surface area (Å²) in [4.78, 5) is 0. The number of alkyl halides is 1. The molecule has 13 heavy (non-hydrogen) atoms.